The van der Waals surface area contributed by atoms with Crippen molar-refractivity contribution in [1.82, 2.24) is 0 Å². The van der Waals surface area contributed by atoms with Gasteiger partial charge in [0, 0.05) is 16.5 Å². The smallest absolute Gasteiger partial charge is 0.176 e. The van der Waals surface area contributed by atoms with E-state index in [1.54, 1.807) is 12.1 Å². The normalized spacial score (nSPS) is 10.8. The molecule has 0 radical (unpaired) electrons. The van der Waals surface area contributed by atoms with Crippen LogP contribution in [0.4, 0.5) is 0 Å². The lowest BCUT2D eigenvalue weighted by Gasteiger charge is -2.20. The second-order valence-electron chi connectivity index (χ2n) is 5.62. The van der Waals surface area contributed by atoms with Crippen molar-refractivity contribution < 1.29 is 4.79 Å². The SMILES string of the molecule is NCC(=O)c1ccc(C(c2ccccc2)c2ccccc2)c(Cl)c1. The molecule has 0 amide bonds. The van der Waals surface area contributed by atoms with E-state index >= 15 is 0 Å². The molecule has 0 saturated carbocycles. The number of benzene rings is 3. The Morgan fingerprint density at radius 2 is 1.42 bits per heavy atom. The minimum absolute atomic E-state index is 0.0157. The van der Waals surface area contributed by atoms with Gasteiger partial charge in [-0.2, -0.15) is 0 Å². The number of carbonyl (C=O) groups excluding carboxylic acids is 1. The highest BCUT2D eigenvalue weighted by Gasteiger charge is 2.20. The molecule has 0 unspecified atom stereocenters. The Morgan fingerprint density at radius 1 is 0.875 bits per heavy atom. The summed E-state index contributed by atoms with van der Waals surface area (Å²) in [7, 11) is 0. The van der Waals surface area contributed by atoms with Crippen molar-refractivity contribution in [3.8, 4) is 0 Å². The van der Waals surface area contributed by atoms with Crippen LogP contribution in [0.15, 0.2) is 78.9 Å². The number of rotatable bonds is 5. The molecule has 0 aliphatic heterocycles. The third-order valence-electron chi connectivity index (χ3n) is 4.08. The number of ketones is 1. The molecule has 0 aliphatic carbocycles. The Kier molecular flexibility index (Phi) is 5.09. The van der Waals surface area contributed by atoms with Crippen LogP contribution in [0.1, 0.15) is 33.0 Å². The van der Waals surface area contributed by atoms with Crippen molar-refractivity contribution in [2.75, 3.05) is 6.54 Å². The average Bonchev–Trinajstić information content (AvgIpc) is 2.64. The van der Waals surface area contributed by atoms with E-state index < -0.39 is 0 Å². The number of Topliss-reactive ketones (excluding diaryl/α,β-unsaturated/α-hetero) is 1. The number of hydrogen-bond acceptors (Lipinski definition) is 2. The number of carbonyl (C=O) groups is 1. The largest absolute Gasteiger partial charge is 0.324 e. The molecule has 0 heterocycles. The Bertz CT molecular complexity index is 791. The standard InChI is InChI=1S/C21H18ClNO/c22-19-13-17(20(24)14-23)11-12-18(19)21(15-7-3-1-4-8-15)16-9-5-2-6-10-16/h1-13,21H,14,23H2. The lowest BCUT2D eigenvalue weighted by atomic mass is 9.84. The summed E-state index contributed by atoms with van der Waals surface area (Å²) in [6, 6.07) is 25.9. The maximum atomic E-state index is 11.8. The summed E-state index contributed by atoms with van der Waals surface area (Å²) in [6.45, 7) is -0.0174. The monoisotopic (exact) mass is 335 g/mol. The lowest BCUT2D eigenvalue weighted by molar-refractivity contribution is 0.100. The van der Waals surface area contributed by atoms with Gasteiger partial charge in [-0.25, -0.2) is 0 Å². The van der Waals surface area contributed by atoms with Crippen LogP contribution in [-0.2, 0) is 0 Å². The van der Waals surface area contributed by atoms with E-state index in [1.807, 2.05) is 42.5 Å². The van der Waals surface area contributed by atoms with E-state index in [0.29, 0.717) is 10.6 Å². The average molecular weight is 336 g/mol. The van der Waals surface area contributed by atoms with E-state index in [4.69, 9.17) is 17.3 Å². The third-order valence-corrected chi connectivity index (χ3v) is 4.41. The molecule has 3 heteroatoms. The Balaban J connectivity index is 2.12. The van der Waals surface area contributed by atoms with Gasteiger partial charge in [-0.05, 0) is 22.8 Å². The van der Waals surface area contributed by atoms with Crippen molar-refractivity contribution in [3.05, 3.63) is 106 Å². The first-order valence-electron chi connectivity index (χ1n) is 7.83. The van der Waals surface area contributed by atoms with E-state index in [2.05, 4.69) is 24.3 Å². The molecule has 3 aromatic carbocycles. The maximum Gasteiger partial charge on any atom is 0.176 e. The van der Waals surface area contributed by atoms with Gasteiger partial charge >= 0.3 is 0 Å². The zero-order valence-electron chi connectivity index (χ0n) is 13.2. The van der Waals surface area contributed by atoms with E-state index in [9.17, 15) is 4.79 Å². The molecule has 3 aromatic rings. The van der Waals surface area contributed by atoms with Gasteiger partial charge in [0.15, 0.2) is 5.78 Å². The molecule has 0 saturated heterocycles. The van der Waals surface area contributed by atoms with Crippen LogP contribution >= 0.6 is 11.6 Å². The van der Waals surface area contributed by atoms with Gasteiger partial charge in [0.05, 0.1) is 6.54 Å². The zero-order valence-corrected chi connectivity index (χ0v) is 13.9. The van der Waals surface area contributed by atoms with Gasteiger partial charge in [-0.3, -0.25) is 4.79 Å². The van der Waals surface area contributed by atoms with Gasteiger partial charge in [-0.15, -0.1) is 0 Å². The quantitative estimate of drug-likeness (QED) is 0.544. The van der Waals surface area contributed by atoms with Crippen LogP contribution in [0.3, 0.4) is 0 Å². The number of nitrogens with two attached hydrogens (primary N) is 1. The molecule has 2 N–H and O–H groups in total. The van der Waals surface area contributed by atoms with Crippen molar-refractivity contribution in [3.63, 3.8) is 0 Å². The van der Waals surface area contributed by atoms with Gasteiger partial charge in [0.1, 0.15) is 0 Å². The molecule has 3 rings (SSSR count). The van der Waals surface area contributed by atoms with Crippen LogP contribution in [-0.4, -0.2) is 12.3 Å². The first-order valence-corrected chi connectivity index (χ1v) is 8.21. The van der Waals surface area contributed by atoms with Crippen molar-refractivity contribution in [2.24, 2.45) is 5.73 Å². The van der Waals surface area contributed by atoms with Crippen LogP contribution in [0, 0.1) is 0 Å². The summed E-state index contributed by atoms with van der Waals surface area (Å²) in [6.07, 6.45) is 0. The Hall–Kier alpha value is -2.42. The van der Waals surface area contributed by atoms with E-state index in [1.165, 1.54) is 0 Å². The minimum Gasteiger partial charge on any atom is -0.324 e. The number of halogens is 1. The summed E-state index contributed by atoms with van der Waals surface area (Å²) in [5.41, 5.74) is 9.28. The highest BCUT2D eigenvalue weighted by Crippen LogP contribution is 2.36. The first kappa shape index (κ1) is 16.4. The van der Waals surface area contributed by atoms with Crippen molar-refractivity contribution in [2.45, 2.75) is 5.92 Å². The fourth-order valence-corrected chi connectivity index (χ4v) is 3.18. The maximum absolute atomic E-state index is 11.8. The Morgan fingerprint density at radius 3 is 1.88 bits per heavy atom. The summed E-state index contributed by atoms with van der Waals surface area (Å²) < 4.78 is 0. The Labute approximate surface area is 146 Å². The molecule has 0 aliphatic rings. The molecule has 0 fully saturated rings. The van der Waals surface area contributed by atoms with Crippen molar-refractivity contribution >= 4 is 17.4 Å². The van der Waals surface area contributed by atoms with E-state index in [-0.39, 0.29) is 18.2 Å². The fraction of sp³-hybridized carbons (Fsp3) is 0.0952. The van der Waals surface area contributed by atoms with Gasteiger partial charge in [0.2, 0.25) is 0 Å². The summed E-state index contributed by atoms with van der Waals surface area (Å²) in [4.78, 5) is 11.8. The molecular weight excluding hydrogens is 318 g/mol. The second-order valence-corrected chi connectivity index (χ2v) is 6.03. The fourth-order valence-electron chi connectivity index (χ4n) is 2.90. The molecule has 0 atom stereocenters. The van der Waals surface area contributed by atoms with Crippen LogP contribution in [0.25, 0.3) is 0 Å². The third kappa shape index (κ3) is 3.40. The molecule has 0 spiro atoms. The van der Waals surface area contributed by atoms with Gasteiger partial charge < -0.3 is 5.73 Å². The topological polar surface area (TPSA) is 43.1 Å². The molecular formula is C21H18ClNO. The van der Waals surface area contributed by atoms with E-state index in [0.717, 1.165) is 16.7 Å². The van der Waals surface area contributed by atoms with Crippen LogP contribution in [0.2, 0.25) is 5.02 Å². The van der Waals surface area contributed by atoms with Gasteiger partial charge in [0.25, 0.3) is 0 Å². The first-order chi connectivity index (χ1) is 11.7. The molecule has 2 nitrogen and oxygen atoms in total. The minimum atomic E-state index is -0.112. The summed E-state index contributed by atoms with van der Waals surface area (Å²) >= 11 is 6.53. The van der Waals surface area contributed by atoms with Gasteiger partial charge in [-0.1, -0.05) is 84.4 Å². The summed E-state index contributed by atoms with van der Waals surface area (Å²) in [5.74, 6) is -0.0960. The predicted molar refractivity (Wildman–Crippen MR) is 98.7 cm³/mol. The number of hydrogen-bond donors (Lipinski definition) is 1. The zero-order chi connectivity index (χ0) is 16.9. The van der Waals surface area contributed by atoms with Crippen LogP contribution in [0.5, 0.6) is 0 Å². The molecule has 120 valence electrons. The lowest BCUT2D eigenvalue weighted by Crippen LogP contribution is -2.14. The molecule has 0 bridgehead atoms. The van der Waals surface area contributed by atoms with Crippen molar-refractivity contribution in [1.29, 1.82) is 0 Å². The molecule has 24 heavy (non-hydrogen) atoms. The highest BCUT2D eigenvalue weighted by atomic mass is 35.5. The highest BCUT2D eigenvalue weighted by molar-refractivity contribution is 6.32. The molecule has 0 aromatic heterocycles. The second kappa shape index (κ2) is 7.43. The predicted octanol–water partition coefficient (Wildman–Crippen LogP) is 4.66. The summed E-state index contributed by atoms with van der Waals surface area (Å²) in [5, 5.41) is 0.576. The van der Waals surface area contributed by atoms with Crippen LogP contribution < -0.4 is 5.73 Å².